The van der Waals surface area contributed by atoms with Crippen LogP contribution in [0.15, 0.2) is 48.5 Å². The fourth-order valence-electron chi connectivity index (χ4n) is 3.07. The first kappa shape index (κ1) is 19.7. The van der Waals surface area contributed by atoms with Crippen molar-refractivity contribution >= 4 is 11.8 Å². The van der Waals surface area contributed by atoms with Gasteiger partial charge in [-0.05, 0) is 31.4 Å². The quantitative estimate of drug-likeness (QED) is 0.830. The van der Waals surface area contributed by atoms with Gasteiger partial charge in [0.2, 0.25) is 11.8 Å². The molecule has 0 aromatic heterocycles. The maximum Gasteiger partial charge on any atom is 0.242 e. The van der Waals surface area contributed by atoms with Crippen LogP contribution in [0.5, 0.6) is 0 Å². The van der Waals surface area contributed by atoms with Crippen molar-refractivity contribution in [3.8, 4) is 0 Å². The molecular formula is C22H28N2O2. The SMILES string of the molecule is CC[C@H](C(=O)NC)N(Cc1ccc(C)cc1)C(=O)Cc1cccc(C)c1. The minimum atomic E-state index is -0.474. The average Bonchev–Trinajstić information content (AvgIpc) is 2.62. The number of carbonyl (C=O) groups is 2. The standard InChI is InChI=1S/C22H28N2O2/c1-5-20(22(26)23-4)24(15-18-11-9-16(2)10-12-18)21(25)14-19-8-6-7-17(3)13-19/h6-13,20H,5,14-15H2,1-4H3,(H,23,26)/t20-/m1/s1. The fraction of sp³-hybridized carbons (Fsp3) is 0.364. The van der Waals surface area contributed by atoms with E-state index in [-0.39, 0.29) is 11.8 Å². The molecule has 0 heterocycles. The van der Waals surface area contributed by atoms with E-state index >= 15 is 0 Å². The molecule has 4 nitrogen and oxygen atoms in total. The van der Waals surface area contributed by atoms with Gasteiger partial charge in [-0.15, -0.1) is 0 Å². The molecule has 0 unspecified atom stereocenters. The van der Waals surface area contributed by atoms with E-state index in [1.54, 1.807) is 11.9 Å². The fourth-order valence-corrected chi connectivity index (χ4v) is 3.07. The molecule has 0 spiro atoms. The van der Waals surface area contributed by atoms with Crippen molar-refractivity contribution < 1.29 is 9.59 Å². The first-order valence-corrected chi connectivity index (χ1v) is 9.06. The summed E-state index contributed by atoms with van der Waals surface area (Å²) < 4.78 is 0. The molecule has 2 aromatic rings. The number of carbonyl (C=O) groups excluding carboxylic acids is 2. The van der Waals surface area contributed by atoms with E-state index in [9.17, 15) is 9.59 Å². The van der Waals surface area contributed by atoms with Crippen LogP contribution in [0.2, 0.25) is 0 Å². The molecular weight excluding hydrogens is 324 g/mol. The number of likely N-dealkylation sites (N-methyl/N-ethyl adjacent to an activating group) is 1. The van der Waals surface area contributed by atoms with Crippen molar-refractivity contribution in [3.63, 3.8) is 0 Å². The van der Waals surface area contributed by atoms with E-state index in [0.29, 0.717) is 19.4 Å². The third-order valence-corrected chi connectivity index (χ3v) is 4.54. The summed E-state index contributed by atoms with van der Waals surface area (Å²) in [5.74, 6) is -0.163. The molecule has 0 bridgehead atoms. The largest absolute Gasteiger partial charge is 0.357 e. The van der Waals surface area contributed by atoms with Crippen LogP contribution < -0.4 is 5.32 Å². The Hall–Kier alpha value is -2.62. The highest BCUT2D eigenvalue weighted by molar-refractivity contribution is 5.88. The number of rotatable bonds is 7. The molecule has 0 saturated heterocycles. The highest BCUT2D eigenvalue weighted by atomic mass is 16.2. The van der Waals surface area contributed by atoms with Crippen LogP contribution in [0, 0.1) is 13.8 Å². The Morgan fingerprint density at radius 1 is 1.00 bits per heavy atom. The number of hydrogen-bond donors (Lipinski definition) is 1. The zero-order valence-electron chi connectivity index (χ0n) is 16.1. The molecule has 0 fully saturated rings. The van der Waals surface area contributed by atoms with Gasteiger partial charge in [-0.25, -0.2) is 0 Å². The third kappa shape index (κ3) is 5.19. The van der Waals surface area contributed by atoms with E-state index in [0.717, 1.165) is 16.7 Å². The van der Waals surface area contributed by atoms with Crippen LogP contribution in [-0.4, -0.2) is 29.8 Å². The zero-order chi connectivity index (χ0) is 19.1. The zero-order valence-corrected chi connectivity index (χ0v) is 16.1. The monoisotopic (exact) mass is 352 g/mol. The normalized spacial score (nSPS) is 11.7. The molecule has 0 saturated carbocycles. The highest BCUT2D eigenvalue weighted by Gasteiger charge is 2.27. The number of hydrogen-bond acceptors (Lipinski definition) is 2. The maximum absolute atomic E-state index is 13.1. The molecule has 4 heteroatoms. The number of nitrogens with zero attached hydrogens (tertiary/aromatic N) is 1. The average molecular weight is 352 g/mol. The molecule has 138 valence electrons. The van der Waals surface area contributed by atoms with Gasteiger partial charge in [-0.2, -0.15) is 0 Å². The number of aryl methyl sites for hydroxylation is 2. The van der Waals surface area contributed by atoms with Crippen LogP contribution in [0.4, 0.5) is 0 Å². The lowest BCUT2D eigenvalue weighted by Gasteiger charge is -2.30. The lowest BCUT2D eigenvalue weighted by molar-refractivity contribution is -0.140. The number of nitrogens with one attached hydrogen (secondary N) is 1. The van der Waals surface area contributed by atoms with Crippen molar-refractivity contribution in [3.05, 3.63) is 70.8 Å². The van der Waals surface area contributed by atoms with Crippen LogP contribution in [0.25, 0.3) is 0 Å². The smallest absolute Gasteiger partial charge is 0.242 e. The summed E-state index contributed by atoms with van der Waals surface area (Å²) in [5.41, 5.74) is 4.29. The third-order valence-electron chi connectivity index (χ3n) is 4.54. The van der Waals surface area contributed by atoms with Crippen LogP contribution in [-0.2, 0) is 22.6 Å². The van der Waals surface area contributed by atoms with E-state index in [2.05, 4.69) is 5.32 Å². The molecule has 2 amide bonds. The molecule has 2 aromatic carbocycles. The number of amides is 2. The Bertz CT molecular complexity index is 753. The summed E-state index contributed by atoms with van der Waals surface area (Å²) in [6.45, 7) is 6.40. The van der Waals surface area contributed by atoms with Gasteiger partial charge >= 0.3 is 0 Å². The van der Waals surface area contributed by atoms with Gasteiger partial charge in [-0.1, -0.05) is 66.6 Å². The summed E-state index contributed by atoms with van der Waals surface area (Å²) in [7, 11) is 1.61. The lowest BCUT2D eigenvalue weighted by atomic mass is 10.0. The first-order valence-electron chi connectivity index (χ1n) is 9.06. The molecule has 0 radical (unpaired) electrons. The highest BCUT2D eigenvalue weighted by Crippen LogP contribution is 2.15. The predicted molar refractivity (Wildman–Crippen MR) is 105 cm³/mol. The first-order chi connectivity index (χ1) is 12.4. The van der Waals surface area contributed by atoms with Gasteiger partial charge in [0.25, 0.3) is 0 Å². The van der Waals surface area contributed by atoms with Crippen LogP contribution in [0.3, 0.4) is 0 Å². The van der Waals surface area contributed by atoms with Gasteiger partial charge in [0.1, 0.15) is 6.04 Å². The Morgan fingerprint density at radius 3 is 2.27 bits per heavy atom. The second kappa shape index (κ2) is 9.18. The van der Waals surface area contributed by atoms with E-state index in [4.69, 9.17) is 0 Å². The molecule has 2 rings (SSSR count). The maximum atomic E-state index is 13.1. The van der Waals surface area contributed by atoms with E-state index < -0.39 is 6.04 Å². The summed E-state index contributed by atoms with van der Waals surface area (Å²) in [4.78, 5) is 27.1. The number of benzene rings is 2. The minimum absolute atomic E-state index is 0.0355. The van der Waals surface area contributed by atoms with Crippen LogP contribution >= 0.6 is 0 Å². The Labute approximate surface area is 156 Å². The lowest BCUT2D eigenvalue weighted by Crippen LogP contribution is -2.48. The van der Waals surface area contributed by atoms with Crippen molar-refractivity contribution in [2.24, 2.45) is 0 Å². The summed E-state index contributed by atoms with van der Waals surface area (Å²) in [5, 5.41) is 2.69. The second-order valence-corrected chi connectivity index (χ2v) is 6.71. The van der Waals surface area contributed by atoms with Crippen LogP contribution in [0.1, 0.15) is 35.6 Å². The molecule has 0 aliphatic rings. The minimum Gasteiger partial charge on any atom is -0.357 e. The van der Waals surface area contributed by atoms with Gasteiger partial charge in [-0.3, -0.25) is 9.59 Å². The molecule has 0 aliphatic heterocycles. The Balaban J connectivity index is 2.27. The molecule has 1 atom stereocenters. The van der Waals surface area contributed by atoms with E-state index in [1.807, 2.05) is 69.3 Å². The topological polar surface area (TPSA) is 49.4 Å². The second-order valence-electron chi connectivity index (χ2n) is 6.71. The Kier molecular flexibility index (Phi) is 6.96. The summed E-state index contributed by atoms with van der Waals surface area (Å²) in [6.07, 6.45) is 0.867. The van der Waals surface area contributed by atoms with Gasteiger partial charge in [0, 0.05) is 13.6 Å². The molecule has 0 aliphatic carbocycles. The van der Waals surface area contributed by atoms with Gasteiger partial charge in [0.15, 0.2) is 0 Å². The van der Waals surface area contributed by atoms with Crippen molar-refractivity contribution in [1.82, 2.24) is 10.2 Å². The Morgan fingerprint density at radius 2 is 1.69 bits per heavy atom. The van der Waals surface area contributed by atoms with Crippen molar-refractivity contribution in [1.29, 1.82) is 0 Å². The van der Waals surface area contributed by atoms with Crippen molar-refractivity contribution in [2.45, 2.75) is 46.2 Å². The summed E-state index contributed by atoms with van der Waals surface area (Å²) >= 11 is 0. The van der Waals surface area contributed by atoms with Crippen molar-refractivity contribution in [2.75, 3.05) is 7.05 Å². The predicted octanol–water partition coefficient (Wildman–Crippen LogP) is 3.40. The van der Waals surface area contributed by atoms with E-state index in [1.165, 1.54) is 5.56 Å². The molecule has 26 heavy (non-hydrogen) atoms. The van der Waals surface area contributed by atoms with Gasteiger partial charge < -0.3 is 10.2 Å². The molecule has 1 N–H and O–H groups in total. The van der Waals surface area contributed by atoms with Gasteiger partial charge in [0.05, 0.1) is 6.42 Å². The summed E-state index contributed by atoms with van der Waals surface area (Å²) in [6, 6.07) is 15.5.